The molecule has 5 aromatic rings. The molecule has 1 aliphatic heterocycles. The van der Waals surface area contributed by atoms with Gasteiger partial charge in [-0.25, -0.2) is 4.57 Å². The monoisotopic (exact) mass is 486 g/mol. The summed E-state index contributed by atoms with van der Waals surface area (Å²) in [6, 6.07) is 36.4. The van der Waals surface area contributed by atoms with Crippen molar-refractivity contribution < 1.29 is 9.30 Å². The van der Waals surface area contributed by atoms with Crippen molar-refractivity contribution in [2.75, 3.05) is 0 Å². The topological polar surface area (TPSA) is 30.9 Å². The van der Waals surface area contributed by atoms with Gasteiger partial charge in [0.15, 0.2) is 5.60 Å². The van der Waals surface area contributed by atoms with Crippen molar-refractivity contribution in [1.82, 2.24) is 9.78 Å². The number of fused-ring (bicyclic) bond motifs is 1. The molecule has 4 aromatic carbocycles. The summed E-state index contributed by atoms with van der Waals surface area (Å²) in [4.78, 5) is 0. The first-order valence-electron chi connectivity index (χ1n) is 12.9. The molecule has 37 heavy (non-hydrogen) atoms. The molecule has 0 fully saturated rings. The van der Waals surface area contributed by atoms with Gasteiger partial charge in [-0.3, -0.25) is 0 Å². The van der Waals surface area contributed by atoms with E-state index in [1.165, 1.54) is 22.3 Å². The number of aromatic nitrogens is 3. The Morgan fingerprint density at radius 1 is 0.811 bits per heavy atom. The molecular formula is C33H32N3O+. The third-order valence-electron chi connectivity index (χ3n) is 7.53. The lowest BCUT2D eigenvalue weighted by Gasteiger charge is -2.42. The van der Waals surface area contributed by atoms with Gasteiger partial charge < -0.3 is 4.74 Å². The van der Waals surface area contributed by atoms with Crippen molar-refractivity contribution in [3.05, 3.63) is 149 Å². The standard InChI is InChI=1S/C33H32N3O/c1-24-19-25(2)32(26(3)20-24)36-23-35-30(21-27-13-7-4-8-14-27)33(37-22-31(35)34-36,28-15-9-5-10-16-28)29-17-11-6-12-18-29/h4-20,23,30H,21-22H2,1-3H3/q+1/t30-/m0/s1. The number of hydrogen-bond donors (Lipinski definition) is 0. The van der Waals surface area contributed by atoms with Crippen LogP contribution in [0.2, 0.25) is 0 Å². The lowest BCUT2D eigenvalue weighted by atomic mass is 9.76. The van der Waals surface area contributed by atoms with Gasteiger partial charge in [0.1, 0.15) is 18.3 Å². The molecule has 0 saturated carbocycles. The Kier molecular flexibility index (Phi) is 5.97. The van der Waals surface area contributed by atoms with Crippen LogP contribution in [0.15, 0.2) is 109 Å². The van der Waals surface area contributed by atoms with Gasteiger partial charge in [0, 0.05) is 11.5 Å². The molecule has 4 nitrogen and oxygen atoms in total. The summed E-state index contributed by atoms with van der Waals surface area (Å²) >= 11 is 0. The molecule has 1 atom stereocenters. The zero-order valence-corrected chi connectivity index (χ0v) is 21.6. The summed E-state index contributed by atoms with van der Waals surface area (Å²) in [5.41, 5.74) is 7.74. The van der Waals surface area contributed by atoms with Crippen LogP contribution in [0, 0.1) is 20.8 Å². The average Bonchev–Trinajstić information content (AvgIpc) is 3.34. The molecule has 4 heteroatoms. The highest BCUT2D eigenvalue weighted by molar-refractivity contribution is 5.48. The summed E-state index contributed by atoms with van der Waals surface area (Å²) in [5, 5.41) is 5.07. The number of aryl methyl sites for hydroxylation is 3. The Morgan fingerprint density at radius 2 is 1.35 bits per heavy atom. The third kappa shape index (κ3) is 4.08. The van der Waals surface area contributed by atoms with Crippen LogP contribution in [-0.2, 0) is 23.4 Å². The summed E-state index contributed by atoms with van der Waals surface area (Å²) in [7, 11) is 0. The lowest BCUT2D eigenvalue weighted by Crippen LogP contribution is -2.59. The van der Waals surface area contributed by atoms with E-state index in [9.17, 15) is 0 Å². The summed E-state index contributed by atoms with van der Waals surface area (Å²) in [5.74, 6) is 0.933. The number of ether oxygens (including phenoxy) is 1. The van der Waals surface area contributed by atoms with Gasteiger partial charge in [0.25, 0.3) is 0 Å². The minimum atomic E-state index is -0.665. The van der Waals surface area contributed by atoms with Crippen molar-refractivity contribution in [1.29, 1.82) is 0 Å². The first-order valence-corrected chi connectivity index (χ1v) is 12.9. The highest BCUT2D eigenvalue weighted by Gasteiger charge is 2.51. The van der Waals surface area contributed by atoms with E-state index in [4.69, 9.17) is 9.84 Å². The normalized spacial score (nSPS) is 16.4. The molecule has 1 aliphatic rings. The Bertz CT molecular complexity index is 1460. The van der Waals surface area contributed by atoms with E-state index >= 15 is 0 Å². The zero-order valence-electron chi connectivity index (χ0n) is 21.6. The van der Waals surface area contributed by atoms with E-state index in [0.29, 0.717) is 6.61 Å². The van der Waals surface area contributed by atoms with Gasteiger partial charge in [-0.2, -0.15) is 0 Å². The van der Waals surface area contributed by atoms with E-state index < -0.39 is 5.60 Å². The second-order valence-electron chi connectivity index (χ2n) is 10.1. The Morgan fingerprint density at radius 3 is 1.92 bits per heavy atom. The molecule has 0 amide bonds. The average molecular weight is 487 g/mol. The van der Waals surface area contributed by atoms with Crippen molar-refractivity contribution in [2.24, 2.45) is 0 Å². The molecular weight excluding hydrogens is 454 g/mol. The maximum Gasteiger partial charge on any atom is 0.304 e. The highest BCUT2D eigenvalue weighted by atomic mass is 16.5. The molecule has 2 heterocycles. The van der Waals surface area contributed by atoms with Crippen molar-refractivity contribution >= 4 is 0 Å². The minimum absolute atomic E-state index is 0.0386. The highest BCUT2D eigenvalue weighted by Crippen LogP contribution is 2.45. The fourth-order valence-electron chi connectivity index (χ4n) is 6.03. The van der Waals surface area contributed by atoms with Gasteiger partial charge in [0.2, 0.25) is 6.33 Å². The first-order chi connectivity index (χ1) is 18.1. The second kappa shape index (κ2) is 9.45. The molecule has 0 bridgehead atoms. The largest absolute Gasteiger partial charge is 0.351 e. The summed E-state index contributed by atoms with van der Waals surface area (Å²) in [6.45, 7) is 6.89. The fraction of sp³-hybridized carbons (Fsp3) is 0.212. The minimum Gasteiger partial charge on any atom is -0.351 e. The fourth-order valence-corrected chi connectivity index (χ4v) is 6.03. The quantitative estimate of drug-likeness (QED) is 0.271. The molecule has 0 unspecified atom stereocenters. The molecule has 0 N–H and O–H groups in total. The van der Waals surface area contributed by atoms with E-state index in [0.717, 1.165) is 29.1 Å². The van der Waals surface area contributed by atoms with Gasteiger partial charge >= 0.3 is 5.82 Å². The van der Waals surface area contributed by atoms with E-state index in [1.807, 2.05) is 4.68 Å². The maximum absolute atomic E-state index is 6.98. The molecule has 0 radical (unpaired) electrons. The lowest BCUT2D eigenvalue weighted by molar-refractivity contribution is -0.758. The van der Waals surface area contributed by atoms with Gasteiger partial charge in [-0.15, -0.1) is 0 Å². The van der Waals surface area contributed by atoms with E-state index in [1.54, 1.807) is 0 Å². The molecule has 0 saturated heterocycles. The van der Waals surface area contributed by atoms with Crippen LogP contribution >= 0.6 is 0 Å². The van der Waals surface area contributed by atoms with Crippen molar-refractivity contribution in [2.45, 2.75) is 45.4 Å². The number of nitrogens with zero attached hydrogens (tertiary/aromatic N) is 3. The van der Waals surface area contributed by atoms with Crippen LogP contribution in [-0.4, -0.2) is 9.78 Å². The van der Waals surface area contributed by atoms with Crippen LogP contribution in [0.5, 0.6) is 0 Å². The predicted molar refractivity (Wildman–Crippen MR) is 146 cm³/mol. The number of benzene rings is 4. The van der Waals surface area contributed by atoms with Crippen LogP contribution in [0.1, 0.15) is 45.2 Å². The first kappa shape index (κ1) is 23.4. The van der Waals surface area contributed by atoms with Crippen LogP contribution < -0.4 is 4.57 Å². The third-order valence-corrected chi connectivity index (χ3v) is 7.53. The van der Waals surface area contributed by atoms with Crippen LogP contribution in [0.3, 0.4) is 0 Å². The second-order valence-corrected chi connectivity index (χ2v) is 10.1. The van der Waals surface area contributed by atoms with Gasteiger partial charge in [-0.05, 0) is 48.6 Å². The number of hydrogen-bond acceptors (Lipinski definition) is 2. The SMILES string of the molecule is Cc1cc(C)c(-n2c[n+]3c(n2)COC(c2ccccc2)(c2ccccc2)[C@@H]3Cc2ccccc2)c(C)c1. The summed E-state index contributed by atoms with van der Waals surface area (Å²) in [6.07, 6.45) is 2.98. The number of rotatable bonds is 5. The Labute approximate surface area is 218 Å². The molecule has 6 rings (SSSR count). The van der Waals surface area contributed by atoms with E-state index in [-0.39, 0.29) is 6.04 Å². The Balaban J connectivity index is 1.58. The summed E-state index contributed by atoms with van der Waals surface area (Å²) < 4.78 is 11.4. The zero-order chi connectivity index (χ0) is 25.4. The van der Waals surface area contributed by atoms with E-state index in [2.05, 4.69) is 135 Å². The van der Waals surface area contributed by atoms with Crippen molar-refractivity contribution in [3.8, 4) is 5.69 Å². The maximum atomic E-state index is 6.98. The Hall–Kier alpha value is -4.02. The van der Waals surface area contributed by atoms with Crippen molar-refractivity contribution in [3.63, 3.8) is 0 Å². The van der Waals surface area contributed by atoms with Crippen LogP contribution in [0.4, 0.5) is 0 Å². The van der Waals surface area contributed by atoms with Gasteiger partial charge in [0.05, 0.1) is 0 Å². The molecule has 0 aliphatic carbocycles. The molecule has 184 valence electrons. The predicted octanol–water partition coefficient (Wildman–Crippen LogP) is 6.34. The molecule has 0 spiro atoms. The molecule has 1 aromatic heterocycles. The van der Waals surface area contributed by atoms with Crippen LogP contribution in [0.25, 0.3) is 5.69 Å². The smallest absolute Gasteiger partial charge is 0.304 e. The van der Waals surface area contributed by atoms with Gasteiger partial charge in [-0.1, -0.05) is 113 Å².